The van der Waals surface area contributed by atoms with Crippen LogP contribution in [-0.2, 0) is 6.18 Å². The molecule has 2 atom stereocenters. The van der Waals surface area contributed by atoms with Crippen molar-refractivity contribution in [2.75, 3.05) is 32.0 Å². The Balaban J connectivity index is 1.64. The maximum Gasteiger partial charge on any atom is 0.419 e. The van der Waals surface area contributed by atoms with Crippen molar-refractivity contribution in [3.63, 3.8) is 0 Å². The number of nitrogens with one attached hydrogen (secondary N) is 2. The van der Waals surface area contributed by atoms with Crippen molar-refractivity contribution < 1.29 is 18.0 Å². The highest BCUT2D eigenvalue weighted by molar-refractivity contribution is 9.10. The van der Waals surface area contributed by atoms with Gasteiger partial charge in [-0.25, -0.2) is 9.97 Å². The van der Waals surface area contributed by atoms with Crippen LogP contribution in [0.25, 0.3) is 22.2 Å². The van der Waals surface area contributed by atoms with Gasteiger partial charge in [-0.3, -0.25) is 9.69 Å². The molecule has 1 fully saturated rings. The van der Waals surface area contributed by atoms with Gasteiger partial charge in [0.2, 0.25) is 5.95 Å². The molecule has 6 rings (SSSR count). The molecule has 0 saturated carbocycles. The fourth-order valence-corrected chi connectivity index (χ4v) is 5.96. The second kappa shape index (κ2) is 9.58. The fraction of sp³-hybridized carbons (Fsp3) is 0.500. The third-order valence-corrected chi connectivity index (χ3v) is 8.45. The number of carbonyl (C=O) groups is 1. The first kappa shape index (κ1) is 26.0. The van der Waals surface area contributed by atoms with Crippen LogP contribution in [0.4, 0.5) is 19.1 Å². The predicted octanol–water partition coefficient (Wildman–Crippen LogP) is 5.93. The van der Waals surface area contributed by atoms with Gasteiger partial charge in [0.15, 0.2) is 0 Å². The number of nitrogens with zero attached hydrogens (tertiary/aromatic N) is 4. The number of fused-ring (bicyclic) bond motifs is 6. The maximum atomic E-state index is 14.0. The van der Waals surface area contributed by atoms with Gasteiger partial charge in [0, 0.05) is 55.1 Å². The summed E-state index contributed by atoms with van der Waals surface area (Å²) in [5.74, 6) is 0.0320. The van der Waals surface area contributed by atoms with Gasteiger partial charge in [0.1, 0.15) is 5.56 Å². The lowest BCUT2D eigenvalue weighted by Gasteiger charge is -2.46. The third kappa shape index (κ3) is 4.95. The molecule has 1 aromatic carbocycles. The van der Waals surface area contributed by atoms with Crippen LogP contribution >= 0.6 is 15.9 Å². The summed E-state index contributed by atoms with van der Waals surface area (Å²) in [4.78, 5) is 28.8. The Hall–Kier alpha value is -2.66. The Bertz CT molecular complexity index is 1340. The standard InChI is InChI=1S/C26H30BrF3N6O/c1-25(2)9-8-15-14-36(25)11-5-4-10-35(3)23(37)17-7-6-16-18(12-31-22(16)20(17)27)21-19(26(28,29)30)13-32-24(33-15)34-21/h6-7,12-13,15,31H,4-5,8-11,14H2,1-3H3,(H,32,33,34)/t15-/m0/s1. The van der Waals surface area contributed by atoms with E-state index in [9.17, 15) is 18.0 Å². The summed E-state index contributed by atoms with van der Waals surface area (Å²) in [6.07, 6.45) is 1.33. The summed E-state index contributed by atoms with van der Waals surface area (Å²) in [5, 5.41) is 3.84. The predicted molar refractivity (Wildman–Crippen MR) is 141 cm³/mol. The number of hydrogen-bond acceptors (Lipinski definition) is 5. The van der Waals surface area contributed by atoms with Crippen LogP contribution in [0.5, 0.6) is 0 Å². The molecule has 0 spiro atoms. The topological polar surface area (TPSA) is 77.2 Å². The normalized spacial score (nSPS) is 22.7. The first-order chi connectivity index (χ1) is 17.5. The van der Waals surface area contributed by atoms with Crippen LogP contribution in [0.1, 0.15) is 55.5 Å². The molecular weight excluding hydrogens is 549 g/mol. The van der Waals surface area contributed by atoms with Crippen molar-refractivity contribution in [3.8, 4) is 11.3 Å². The zero-order valence-corrected chi connectivity index (χ0v) is 22.6. The number of amides is 1. The summed E-state index contributed by atoms with van der Waals surface area (Å²) in [6.45, 7) is 6.66. The monoisotopic (exact) mass is 578 g/mol. The lowest BCUT2D eigenvalue weighted by Crippen LogP contribution is -2.54. The van der Waals surface area contributed by atoms with Crippen LogP contribution in [0.2, 0.25) is 0 Å². The Morgan fingerprint density at radius 1 is 1.16 bits per heavy atom. The van der Waals surface area contributed by atoms with E-state index in [1.165, 1.54) is 6.20 Å². The number of alkyl halides is 3. The largest absolute Gasteiger partial charge is 0.419 e. The molecular formula is C26H30BrF3N6O. The minimum absolute atomic E-state index is 0.00964. The van der Waals surface area contributed by atoms with Crippen molar-refractivity contribution in [1.29, 1.82) is 0 Å². The fourth-order valence-electron chi connectivity index (χ4n) is 5.33. The minimum Gasteiger partial charge on any atom is -0.360 e. The number of anilines is 1. The number of aromatic amines is 1. The quantitative estimate of drug-likeness (QED) is 0.346. The van der Waals surface area contributed by atoms with E-state index in [1.807, 2.05) is 0 Å². The van der Waals surface area contributed by atoms with Crippen LogP contribution in [0, 0.1) is 0 Å². The first-order valence-corrected chi connectivity index (χ1v) is 13.3. The molecule has 0 aliphatic carbocycles. The van der Waals surface area contributed by atoms with Gasteiger partial charge >= 0.3 is 6.18 Å². The molecule has 8 bridgehead atoms. The lowest BCUT2D eigenvalue weighted by molar-refractivity contribution is -0.137. The zero-order valence-electron chi connectivity index (χ0n) is 21.0. The summed E-state index contributed by atoms with van der Waals surface area (Å²) in [7, 11) is 1.78. The number of piperidine rings is 1. The second-order valence-electron chi connectivity index (χ2n) is 10.6. The molecule has 1 saturated heterocycles. The number of H-pyrrole nitrogens is 1. The van der Waals surface area contributed by atoms with Gasteiger partial charge in [-0.1, -0.05) is 6.07 Å². The molecule has 2 N–H and O–H groups in total. The molecule has 5 heterocycles. The summed E-state index contributed by atoms with van der Waals surface area (Å²) >= 11 is 3.52. The number of carbonyl (C=O) groups excluding carboxylic acids is 1. The molecule has 3 aliphatic heterocycles. The SMILES string of the molecule is CN1CCCCN2C[C@H](CCC2(C)C)Nc2ncc(C(F)(F)F)c(n2)-c2c[nH]c3c(Br)c(ccc23)C1=O. The molecule has 1 unspecified atom stereocenters. The van der Waals surface area contributed by atoms with Gasteiger partial charge in [-0.2, -0.15) is 13.2 Å². The average molecular weight is 579 g/mol. The number of benzene rings is 1. The smallest absolute Gasteiger partial charge is 0.360 e. The molecule has 7 nitrogen and oxygen atoms in total. The zero-order chi connectivity index (χ0) is 26.5. The molecule has 3 aliphatic rings. The van der Waals surface area contributed by atoms with Gasteiger partial charge in [0.25, 0.3) is 5.91 Å². The Morgan fingerprint density at radius 3 is 2.68 bits per heavy atom. The van der Waals surface area contributed by atoms with Gasteiger partial charge < -0.3 is 15.2 Å². The molecule has 11 heteroatoms. The minimum atomic E-state index is -4.63. The van der Waals surface area contributed by atoms with Crippen molar-refractivity contribution >= 4 is 38.7 Å². The average Bonchev–Trinajstić information content (AvgIpc) is 3.27. The van der Waals surface area contributed by atoms with Crippen molar-refractivity contribution in [1.82, 2.24) is 24.8 Å². The van der Waals surface area contributed by atoms with E-state index in [0.717, 1.165) is 45.0 Å². The van der Waals surface area contributed by atoms with Crippen molar-refractivity contribution in [3.05, 3.63) is 40.1 Å². The van der Waals surface area contributed by atoms with Crippen LogP contribution in [0.3, 0.4) is 0 Å². The maximum absolute atomic E-state index is 14.0. The second-order valence-corrected chi connectivity index (χ2v) is 11.4. The van der Waals surface area contributed by atoms with Crippen LogP contribution in [0.15, 0.2) is 29.0 Å². The summed E-state index contributed by atoms with van der Waals surface area (Å²) in [6, 6.07) is 3.34. The molecule has 3 aromatic rings. The number of halogens is 4. The number of aromatic nitrogens is 3. The van der Waals surface area contributed by atoms with E-state index >= 15 is 0 Å². The van der Waals surface area contributed by atoms with E-state index < -0.39 is 11.7 Å². The van der Waals surface area contributed by atoms with E-state index in [0.29, 0.717) is 33.0 Å². The number of hydrogen-bond donors (Lipinski definition) is 2. The van der Waals surface area contributed by atoms with Crippen molar-refractivity contribution in [2.24, 2.45) is 0 Å². The Kier molecular flexibility index (Phi) is 6.72. The van der Waals surface area contributed by atoms with E-state index in [1.54, 1.807) is 24.1 Å². The first-order valence-electron chi connectivity index (χ1n) is 12.5. The van der Waals surface area contributed by atoms with E-state index in [2.05, 4.69) is 54.9 Å². The molecule has 198 valence electrons. The highest BCUT2D eigenvalue weighted by Crippen LogP contribution is 2.41. The highest BCUT2D eigenvalue weighted by Gasteiger charge is 2.37. The molecule has 1 amide bonds. The van der Waals surface area contributed by atoms with Crippen molar-refractivity contribution in [2.45, 2.75) is 57.3 Å². The van der Waals surface area contributed by atoms with Crippen LogP contribution in [-0.4, -0.2) is 68.9 Å². The molecule has 2 aromatic heterocycles. The summed E-state index contributed by atoms with van der Waals surface area (Å²) in [5.41, 5.74) is 0.195. The highest BCUT2D eigenvalue weighted by atomic mass is 79.9. The lowest BCUT2D eigenvalue weighted by atomic mass is 9.88. The number of rotatable bonds is 0. The third-order valence-electron chi connectivity index (χ3n) is 7.63. The van der Waals surface area contributed by atoms with Gasteiger partial charge in [-0.15, -0.1) is 0 Å². The van der Waals surface area contributed by atoms with E-state index in [-0.39, 0.29) is 29.1 Å². The van der Waals surface area contributed by atoms with E-state index in [4.69, 9.17) is 0 Å². The van der Waals surface area contributed by atoms with Gasteiger partial charge in [-0.05, 0) is 68.1 Å². The van der Waals surface area contributed by atoms with Gasteiger partial charge in [0.05, 0.1) is 21.2 Å². The Labute approximate surface area is 222 Å². The molecule has 37 heavy (non-hydrogen) atoms. The molecule has 0 radical (unpaired) electrons. The van der Waals surface area contributed by atoms with Crippen LogP contribution < -0.4 is 5.32 Å². The Morgan fingerprint density at radius 2 is 1.92 bits per heavy atom. The summed E-state index contributed by atoms with van der Waals surface area (Å²) < 4.78 is 42.6.